The highest BCUT2D eigenvalue weighted by atomic mass is 35.5. The van der Waals surface area contributed by atoms with Crippen molar-refractivity contribution in [3.63, 3.8) is 0 Å². The lowest BCUT2D eigenvalue weighted by Crippen LogP contribution is -2.26. The van der Waals surface area contributed by atoms with Gasteiger partial charge in [0, 0.05) is 48.4 Å². The Bertz CT molecular complexity index is 509. The van der Waals surface area contributed by atoms with Crippen molar-refractivity contribution in [3.05, 3.63) is 35.0 Å². The summed E-state index contributed by atoms with van der Waals surface area (Å²) in [5, 5.41) is 5.48. The van der Waals surface area contributed by atoms with Gasteiger partial charge in [-0.25, -0.2) is 0 Å². The molecule has 4 heteroatoms. The Morgan fingerprint density at radius 3 is 3.06 bits per heavy atom. The minimum Gasteiger partial charge on any atom is -0.385 e. The summed E-state index contributed by atoms with van der Waals surface area (Å²) in [6.45, 7) is 3.81. The van der Waals surface area contributed by atoms with E-state index >= 15 is 0 Å². The van der Waals surface area contributed by atoms with Crippen molar-refractivity contribution >= 4 is 22.5 Å². The molecular formula is C14H19ClN2O. The molecule has 2 N–H and O–H groups in total. The normalized spacial score (nSPS) is 13.1. The highest BCUT2D eigenvalue weighted by Gasteiger charge is 2.06. The fourth-order valence-electron chi connectivity index (χ4n) is 1.99. The van der Waals surface area contributed by atoms with E-state index in [1.54, 1.807) is 7.11 Å². The van der Waals surface area contributed by atoms with Crippen molar-refractivity contribution in [2.24, 2.45) is 0 Å². The highest BCUT2D eigenvalue weighted by Crippen LogP contribution is 2.21. The van der Waals surface area contributed by atoms with Crippen LogP contribution in [0.4, 0.5) is 0 Å². The number of rotatable bonds is 6. The first kappa shape index (κ1) is 13.4. The zero-order chi connectivity index (χ0) is 13.0. The zero-order valence-electron chi connectivity index (χ0n) is 10.8. The lowest BCUT2D eigenvalue weighted by atomic mass is 10.1. The van der Waals surface area contributed by atoms with Gasteiger partial charge in [-0.05, 0) is 31.0 Å². The van der Waals surface area contributed by atoms with E-state index in [2.05, 4.69) is 23.3 Å². The predicted molar refractivity (Wildman–Crippen MR) is 76.1 cm³/mol. The smallest absolute Gasteiger partial charge is 0.0476 e. The largest absolute Gasteiger partial charge is 0.385 e. The Labute approximate surface area is 112 Å². The van der Waals surface area contributed by atoms with Crippen molar-refractivity contribution in [2.75, 3.05) is 13.7 Å². The Morgan fingerprint density at radius 2 is 2.28 bits per heavy atom. The lowest BCUT2D eigenvalue weighted by molar-refractivity contribution is 0.184. The van der Waals surface area contributed by atoms with Crippen LogP contribution in [-0.2, 0) is 11.3 Å². The highest BCUT2D eigenvalue weighted by molar-refractivity contribution is 6.31. The number of halogens is 1. The van der Waals surface area contributed by atoms with Crippen molar-refractivity contribution in [1.82, 2.24) is 10.3 Å². The maximum absolute atomic E-state index is 5.96. The zero-order valence-corrected chi connectivity index (χ0v) is 11.6. The Balaban J connectivity index is 1.99. The molecular weight excluding hydrogens is 248 g/mol. The Hall–Kier alpha value is -1.03. The van der Waals surface area contributed by atoms with Crippen molar-refractivity contribution in [3.8, 4) is 0 Å². The molecule has 0 fully saturated rings. The van der Waals surface area contributed by atoms with Gasteiger partial charge in [0.15, 0.2) is 0 Å². The van der Waals surface area contributed by atoms with E-state index < -0.39 is 0 Å². The summed E-state index contributed by atoms with van der Waals surface area (Å²) in [7, 11) is 1.73. The Morgan fingerprint density at radius 1 is 1.44 bits per heavy atom. The van der Waals surface area contributed by atoms with Crippen LogP contribution in [0.1, 0.15) is 18.9 Å². The molecule has 2 rings (SSSR count). The maximum atomic E-state index is 5.96. The monoisotopic (exact) mass is 266 g/mol. The van der Waals surface area contributed by atoms with E-state index in [-0.39, 0.29) is 0 Å². The molecule has 1 aromatic carbocycles. The molecule has 0 radical (unpaired) electrons. The van der Waals surface area contributed by atoms with Gasteiger partial charge in [-0.15, -0.1) is 0 Å². The fraction of sp³-hybridized carbons (Fsp3) is 0.429. The first-order valence-corrected chi connectivity index (χ1v) is 6.56. The van der Waals surface area contributed by atoms with Gasteiger partial charge in [0.25, 0.3) is 0 Å². The summed E-state index contributed by atoms with van der Waals surface area (Å²) < 4.78 is 5.07. The molecule has 0 amide bonds. The molecule has 0 aliphatic carbocycles. The van der Waals surface area contributed by atoms with Crippen LogP contribution >= 0.6 is 11.6 Å². The van der Waals surface area contributed by atoms with Crippen LogP contribution in [0.3, 0.4) is 0 Å². The number of hydrogen-bond acceptors (Lipinski definition) is 2. The first-order chi connectivity index (χ1) is 8.70. The van der Waals surface area contributed by atoms with Gasteiger partial charge in [-0.3, -0.25) is 0 Å². The molecule has 1 unspecified atom stereocenters. The molecule has 0 aliphatic heterocycles. The molecule has 2 aromatic rings. The van der Waals surface area contributed by atoms with E-state index in [0.29, 0.717) is 6.04 Å². The third-order valence-electron chi connectivity index (χ3n) is 3.13. The van der Waals surface area contributed by atoms with Crippen molar-refractivity contribution < 1.29 is 4.74 Å². The third-order valence-corrected chi connectivity index (χ3v) is 3.36. The van der Waals surface area contributed by atoms with Crippen LogP contribution in [-0.4, -0.2) is 24.7 Å². The number of benzene rings is 1. The van der Waals surface area contributed by atoms with E-state index in [9.17, 15) is 0 Å². The van der Waals surface area contributed by atoms with E-state index in [0.717, 1.165) is 30.1 Å². The third kappa shape index (κ3) is 3.25. The second-order valence-electron chi connectivity index (χ2n) is 4.57. The van der Waals surface area contributed by atoms with Crippen LogP contribution in [0.5, 0.6) is 0 Å². The quantitative estimate of drug-likeness (QED) is 0.841. The number of ether oxygens (including phenoxy) is 1. The molecule has 0 aliphatic rings. The number of H-pyrrole nitrogens is 1. The molecule has 0 spiro atoms. The van der Waals surface area contributed by atoms with Gasteiger partial charge in [0.2, 0.25) is 0 Å². The second-order valence-corrected chi connectivity index (χ2v) is 5.00. The van der Waals surface area contributed by atoms with Gasteiger partial charge in [0.1, 0.15) is 0 Å². The Kier molecular flexibility index (Phi) is 4.64. The van der Waals surface area contributed by atoms with Crippen LogP contribution in [0.15, 0.2) is 24.4 Å². The summed E-state index contributed by atoms with van der Waals surface area (Å²) in [4.78, 5) is 3.25. The lowest BCUT2D eigenvalue weighted by Gasteiger charge is -2.12. The van der Waals surface area contributed by atoms with Gasteiger partial charge < -0.3 is 15.0 Å². The molecule has 18 heavy (non-hydrogen) atoms. The topological polar surface area (TPSA) is 37.0 Å². The minimum atomic E-state index is 0.446. The predicted octanol–water partition coefficient (Wildman–Crippen LogP) is 3.34. The van der Waals surface area contributed by atoms with Crippen molar-refractivity contribution in [2.45, 2.75) is 25.9 Å². The van der Waals surface area contributed by atoms with E-state index in [1.807, 2.05) is 18.3 Å². The number of nitrogens with one attached hydrogen (secondary N) is 2. The summed E-state index contributed by atoms with van der Waals surface area (Å²) in [5.74, 6) is 0. The van der Waals surface area contributed by atoms with E-state index in [4.69, 9.17) is 16.3 Å². The molecule has 3 nitrogen and oxygen atoms in total. The maximum Gasteiger partial charge on any atom is 0.0476 e. The molecule has 1 atom stereocenters. The van der Waals surface area contributed by atoms with Crippen LogP contribution < -0.4 is 5.32 Å². The summed E-state index contributed by atoms with van der Waals surface area (Å²) in [5.41, 5.74) is 2.36. The van der Waals surface area contributed by atoms with Crippen molar-refractivity contribution in [1.29, 1.82) is 0 Å². The van der Waals surface area contributed by atoms with Gasteiger partial charge in [0.05, 0.1) is 0 Å². The number of fused-ring (bicyclic) bond motifs is 1. The van der Waals surface area contributed by atoms with Gasteiger partial charge in [-0.2, -0.15) is 0 Å². The van der Waals surface area contributed by atoms with Crippen LogP contribution in [0.2, 0.25) is 5.02 Å². The number of aromatic amines is 1. The molecule has 0 saturated heterocycles. The minimum absolute atomic E-state index is 0.446. The summed E-state index contributed by atoms with van der Waals surface area (Å²) in [6.07, 6.45) is 3.06. The standard InChI is InChI=1S/C14H19ClN2O/c1-10(5-6-18-2)16-8-11-9-17-14-7-12(15)3-4-13(11)14/h3-4,7,9-10,16-17H,5-6,8H2,1-2H3. The van der Waals surface area contributed by atoms with Gasteiger partial charge in [-0.1, -0.05) is 17.7 Å². The molecule has 0 saturated carbocycles. The number of hydrogen-bond donors (Lipinski definition) is 2. The van der Waals surface area contributed by atoms with E-state index in [1.165, 1.54) is 10.9 Å². The summed E-state index contributed by atoms with van der Waals surface area (Å²) >= 11 is 5.96. The fourth-order valence-corrected chi connectivity index (χ4v) is 2.16. The number of methoxy groups -OCH3 is 1. The van der Waals surface area contributed by atoms with Gasteiger partial charge >= 0.3 is 0 Å². The average Bonchev–Trinajstić information content (AvgIpc) is 2.76. The number of aromatic nitrogens is 1. The first-order valence-electron chi connectivity index (χ1n) is 6.18. The molecule has 0 bridgehead atoms. The molecule has 1 heterocycles. The average molecular weight is 267 g/mol. The molecule has 98 valence electrons. The molecule has 1 aromatic heterocycles. The van der Waals surface area contributed by atoms with Crippen LogP contribution in [0, 0.1) is 0 Å². The SMILES string of the molecule is COCCC(C)NCc1c[nH]c2cc(Cl)ccc12. The second kappa shape index (κ2) is 6.23. The summed E-state index contributed by atoms with van der Waals surface area (Å²) in [6, 6.07) is 6.39. The van der Waals surface area contributed by atoms with Crippen LogP contribution in [0.25, 0.3) is 10.9 Å².